The van der Waals surface area contributed by atoms with E-state index in [0.717, 1.165) is 10.2 Å². The largest absolute Gasteiger partial charge is 0.480 e. The van der Waals surface area contributed by atoms with Crippen LogP contribution in [0.1, 0.15) is 13.8 Å². The SMILES string of the molecule is CC(C)(C(=O)O)C(=O)Nc1ccc2ncsc2c1. The number of rotatable bonds is 3. The molecule has 0 unspecified atom stereocenters. The van der Waals surface area contributed by atoms with Gasteiger partial charge in [-0.2, -0.15) is 0 Å². The maximum atomic E-state index is 11.8. The summed E-state index contributed by atoms with van der Waals surface area (Å²) in [6.45, 7) is 2.74. The zero-order chi connectivity index (χ0) is 13.3. The molecular weight excluding hydrogens is 252 g/mol. The number of carboxylic acid groups (broad SMARTS) is 1. The van der Waals surface area contributed by atoms with Crippen molar-refractivity contribution in [2.75, 3.05) is 5.32 Å². The third kappa shape index (κ3) is 2.19. The standard InChI is InChI=1S/C12H12N2O3S/c1-12(2,11(16)17)10(15)14-7-3-4-8-9(5-7)18-6-13-8/h3-6H,1-2H3,(H,14,15)(H,16,17). The van der Waals surface area contributed by atoms with Crippen molar-refractivity contribution in [3.8, 4) is 0 Å². The van der Waals surface area contributed by atoms with Crippen molar-refractivity contribution in [2.45, 2.75) is 13.8 Å². The number of nitrogens with zero attached hydrogens (tertiary/aromatic N) is 1. The fourth-order valence-electron chi connectivity index (χ4n) is 1.32. The van der Waals surface area contributed by atoms with Gasteiger partial charge in [0.25, 0.3) is 0 Å². The number of thiazole rings is 1. The molecule has 6 heteroatoms. The van der Waals surface area contributed by atoms with Crippen LogP contribution in [0.15, 0.2) is 23.7 Å². The molecule has 0 aliphatic heterocycles. The van der Waals surface area contributed by atoms with Gasteiger partial charge < -0.3 is 10.4 Å². The predicted octanol–water partition coefficient (Wildman–Crippen LogP) is 2.35. The van der Waals surface area contributed by atoms with Gasteiger partial charge in [-0.3, -0.25) is 9.59 Å². The van der Waals surface area contributed by atoms with Crippen LogP contribution in [0, 0.1) is 5.41 Å². The molecule has 0 saturated carbocycles. The van der Waals surface area contributed by atoms with Crippen molar-refractivity contribution in [1.29, 1.82) is 0 Å². The molecule has 0 saturated heterocycles. The van der Waals surface area contributed by atoms with Crippen molar-refractivity contribution in [2.24, 2.45) is 5.41 Å². The fraction of sp³-hybridized carbons (Fsp3) is 0.250. The van der Waals surface area contributed by atoms with E-state index in [9.17, 15) is 9.59 Å². The van der Waals surface area contributed by atoms with Gasteiger partial charge in [-0.05, 0) is 32.0 Å². The average molecular weight is 264 g/mol. The number of carbonyl (C=O) groups excluding carboxylic acids is 1. The lowest BCUT2D eigenvalue weighted by atomic mass is 9.92. The zero-order valence-electron chi connectivity index (χ0n) is 9.93. The van der Waals surface area contributed by atoms with E-state index in [1.54, 1.807) is 23.7 Å². The molecule has 2 aromatic rings. The lowest BCUT2D eigenvalue weighted by molar-refractivity contribution is -0.151. The monoisotopic (exact) mass is 264 g/mol. The topological polar surface area (TPSA) is 79.3 Å². The van der Waals surface area contributed by atoms with Crippen molar-refractivity contribution < 1.29 is 14.7 Å². The molecular formula is C12H12N2O3S. The van der Waals surface area contributed by atoms with Crippen LogP contribution in [0.25, 0.3) is 10.2 Å². The predicted molar refractivity (Wildman–Crippen MR) is 69.7 cm³/mol. The summed E-state index contributed by atoms with van der Waals surface area (Å²) in [5.74, 6) is -1.70. The van der Waals surface area contributed by atoms with Crippen LogP contribution < -0.4 is 5.32 Å². The number of hydrogen-bond acceptors (Lipinski definition) is 4. The van der Waals surface area contributed by atoms with Gasteiger partial charge in [0.1, 0.15) is 5.41 Å². The minimum Gasteiger partial charge on any atom is -0.480 e. The minimum absolute atomic E-state index is 0.543. The lowest BCUT2D eigenvalue weighted by Gasteiger charge is -2.18. The Morgan fingerprint density at radius 1 is 1.39 bits per heavy atom. The Morgan fingerprint density at radius 3 is 2.78 bits per heavy atom. The molecule has 0 fully saturated rings. The highest BCUT2D eigenvalue weighted by molar-refractivity contribution is 7.16. The number of carbonyl (C=O) groups is 2. The smallest absolute Gasteiger partial charge is 0.318 e. The number of nitrogens with one attached hydrogen (secondary N) is 1. The number of aromatic nitrogens is 1. The first-order valence-corrected chi connectivity index (χ1v) is 6.17. The second-order valence-electron chi connectivity index (χ2n) is 4.42. The molecule has 2 rings (SSSR count). The van der Waals surface area contributed by atoms with Crippen molar-refractivity contribution >= 4 is 39.1 Å². The van der Waals surface area contributed by atoms with Gasteiger partial charge in [-0.15, -0.1) is 11.3 Å². The van der Waals surface area contributed by atoms with Gasteiger partial charge in [-0.1, -0.05) is 0 Å². The highest BCUT2D eigenvalue weighted by Crippen LogP contribution is 2.24. The van der Waals surface area contributed by atoms with E-state index >= 15 is 0 Å². The molecule has 5 nitrogen and oxygen atoms in total. The number of benzene rings is 1. The van der Waals surface area contributed by atoms with Crippen LogP contribution >= 0.6 is 11.3 Å². The lowest BCUT2D eigenvalue weighted by Crippen LogP contribution is -2.37. The summed E-state index contributed by atoms with van der Waals surface area (Å²) in [6.07, 6.45) is 0. The van der Waals surface area contributed by atoms with E-state index in [-0.39, 0.29) is 0 Å². The van der Waals surface area contributed by atoms with Crippen LogP contribution in [0.5, 0.6) is 0 Å². The number of hydrogen-bond donors (Lipinski definition) is 2. The molecule has 1 amide bonds. The molecule has 94 valence electrons. The van der Waals surface area contributed by atoms with E-state index in [1.807, 2.05) is 0 Å². The second kappa shape index (κ2) is 4.38. The number of amides is 1. The van der Waals surface area contributed by atoms with Gasteiger partial charge >= 0.3 is 5.97 Å². The Bertz CT molecular complexity index is 619. The Morgan fingerprint density at radius 2 is 2.11 bits per heavy atom. The van der Waals surface area contributed by atoms with E-state index in [2.05, 4.69) is 10.3 Å². The van der Waals surface area contributed by atoms with Gasteiger partial charge in [0.2, 0.25) is 5.91 Å². The zero-order valence-corrected chi connectivity index (χ0v) is 10.7. The molecule has 0 atom stereocenters. The van der Waals surface area contributed by atoms with Crippen LogP contribution in [0.4, 0.5) is 5.69 Å². The van der Waals surface area contributed by atoms with E-state index in [0.29, 0.717) is 5.69 Å². The summed E-state index contributed by atoms with van der Waals surface area (Å²) in [5.41, 5.74) is 1.70. The maximum Gasteiger partial charge on any atom is 0.318 e. The first kappa shape index (κ1) is 12.5. The molecule has 0 aliphatic carbocycles. The molecule has 2 N–H and O–H groups in total. The number of aliphatic carboxylic acids is 1. The quantitative estimate of drug-likeness (QED) is 0.834. The highest BCUT2D eigenvalue weighted by atomic mass is 32.1. The van der Waals surface area contributed by atoms with Crippen molar-refractivity contribution in [3.05, 3.63) is 23.7 Å². The molecule has 1 heterocycles. The molecule has 18 heavy (non-hydrogen) atoms. The average Bonchev–Trinajstić information content (AvgIpc) is 2.75. The van der Waals surface area contributed by atoms with Crippen molar-refractivity contribution in [1.82, 2.24) is 4.98 Å². The van der Waals surface area contributed by atoms with Gasteiger partial charge in [0.15, 0.2) is 0 Å². The summed E-state index contributed by atoms with van der Waals surface area (Å²) in [4.78, 5) is 26.9. The van der Waals surface area contributed by atoms with Crippen LogP contribution in [-0.4, -0.2) is 22.0 Å². The van der Waals surface area contributed by atoms with Crippen molar-refractivity contribution in [3.63, 3.8) is 0 Å². The van der Waals surface area contributed by atoms with Crippen LogP contribution in [0.2, 0.25) is 0 Å². The summed E-state index contributed by atoms with van der Waals surface area (Å²) in [6, 6.07) is 5.27. The summed E-state index contributed by atoms with van der Waals surface area (Å²) < 4.78 is 0.945. The van der Waals surface area contributed by atoms with Crippen LogP contribution in [0.3, 0.4) is 0 Å². The Kier molecular flexibility index (Phi) is 3.04. The second-order valence-corrected chi connectivity index (χ2v) is 5.31. The third-order valence-electron chi connectivity index (χ3n) is 2.69. The molecule has 0 spiro atoms. The number of carboxylic acids is 1. The molecule has 1 aromatic heterocycles. The summed E-state index contributed by atoms with van der Waals surface area (Å²) in [7, 11) is 0. The van der Waals surface area contributed by atoms with Gasteiger partial charge in [-0.25, -0.2) is 4.98 Å². The van der Waals surface area contributed by atoms with Gasteiger partial charge in [0, 0.05) is 5.69 Å². The van der Waals surface area contributed by atoms with E-state index in [4.69, 9.17) is 5.11 Å². The Hall–Kier alpha value is -1.95. The van der Waals surface area contributed by atoms with Crippen LogP contribution in [-0.2, 0) is 9.59 Å². The highest BCUT2D eigenvalue weighted by Gasteiger charge is 2.35. The summed E-state index contributed by atoms with van der Waals surface area (Å²) in [5, 5.41) is 11.6. The third-order valence-corrected chi connectivity index (χ3v) is 3.48. The normalized spacial score (nSPS) is 11.4. The number of anilines is 1. The fourth-order valence-corrected chi connectivity index (χ4v) is 2.03. The first-order chi connectivity index (χ1) is 8.41. The minimum atomic E-state index is -1.46. The summed E-state index contributed by atoms with van der Waals surface area (Å²) >= 11 is 1.46. The molecule has 0 bridgehead atoms. The Labute approximate surface area is 107 Å². The van der Waals surface area contributed by atoms with Gasteiger partial charge in [0.05, 0.1) is 15.7 Å². The molecule has 1 aromatic carbocycles. The first-order valence-electron chi connectivity index (χ1n) is 5.29. The molecule has 0 aliphatic rings. The maximum absolute atomic E-state index is 11.8. The van der Waals surface area contributed by atoms with E-state index < -0.39 is 17.3 Å². The molecule has 0 radical (unpaired) electrons. The number of fused-ring (bicyclic) bond motifs is 1. The van der Waals surface area contributed by atoms with E-state index in [1.165, 1.54) is 25.2 Å². The Balaban J connectivity index is 2.23.